The van der Waals surface area contributed by atoms with E-state index in [1.807, 2.05) is 0 Å². The van der Waals surface area contributed by atoms with E-state index in [1.54, 1.807) is 30.9 Å². The molecule has 0 bridgehead atoms. The van der Waals surface area contributed by atoms with Gasteiger partial charge in [-0.05, 0) is 31.2 Å². The average Bonchev–Trinajstić information content (AvgIpc) is 2.84. The van der Waals surface area contributed by atoms with Crippen molar-refractivity contribution < 1.29 is 17.9 Å². The molecule has 0 saturated carbocycles. The Hall–Kier alpha value is -2.18. The van der Waals surface area contributed by atoms with Crippen molar-refractivity contribution >= 4 is 5.69 Å². The summed E-state index contributed by atoms with van der Waals surface area (Å²) in [5.74, 6) is 0.168. The number of hydrogen-bond acceptors (Lipinski definition) is 3. The van der Waals surface area contributed by atoms with Crippen molar-refractivity contribution in [2.24, 2.45) is 7.05 Å². The Morgan fingerprint density at radius 3 is 2.52 bits per heavy atom. The second kappa shape index (κ2) is 5.67. The van der Waals surface area contributed by atoms with Crippen LogP contribution in [0.1, 0.15) is 24.2 Å². The number of halogens is 3. The Morgan fingerprint density at radius 2 is 2.00 bits per heavy atom. The molecule has 1 unspecified atom stereocenters. The third-order valence-electron chi connectivity index (χ3n) is 3.21. The molecular weight excluding hydrogens is 283 g/mol. The van der Waals surface area contributed by atoms with E-state index in [0.717, 1.165) is 11.8 Å². The summed E-state index contributed by atoms with van der Waals surface area (Å²) in [6, 6.07) is 5.29. The number of rotatable bonds is 4. The molecule has 1 atom stereocenters. The summed E-state index contributed by atoms with van der Waals surface area (Å²) >= 11 is 0. The van der Waals surface area contributed by atoms with Gasteiger partial charge in [-0.25, -0.2) is 0 Å². The van der Waals surface area contributed by atoms with Crippen molar-refractivity contribution in [2.75, 3.05) is 12.4 Å². The summed E-state index contributed by atoms with van der Waals surface area (Å²) in [7, 11) is 3.08. The van der Waals surface area contributed by atoms with Gasteiger partial charge in [-0.2, -0.15) is 18.3 Å². The van der Waals surface area contributed by atoms with Gasteiger partial charge in [0.05, 0.1) is 24.4 Å². The second-order valence-electron chi connectivity index (χ2n) is 4.65. The van der Waals surface area contributed by atoms with Crippen molar-refractivity contribution in [1.82, 2.24) is 9.78 Å². The Kier molecular flexibility index (Phi) is 4.11. The van der Waals surface area contributed by atoms with Crippen LogP contribution in [0.3, 0.4) is 0 Å². The fourth-order valence-electron chi connectivity index (χ4n) is 2.13. The zero-order chi connectivity index (χ0) is 15.6. The van der Waals surface area contributed by atoms with Crippen LogP contribution in [-0.4, -0.2) is 16.9 Å². The smallest absolute Gasteiger partial charge is 0.418 e. The predicted octanol–water partition coefficient (Wildman–Crippen LogP) is 3.62. The lowest BCUT2D eigenvalue weighted by molar-refractivity contribution is -0.137. The number of alkyl halides is 3. The number of nitrogens with zero attached hydrogens (tertiary/aromatic N) is 2. The van der Waals surface area contributed by atoms with E-state index < -0.39 is 11.7 Å². The first-order valence-corrected chi connectivity index (χ1v) is 6.32. The second-order valence-corrected chi connectivity index (χ2v) is 4.65. The van der Waals surface area contributed by atoms with Gasteiger partial charge >= 0.3 is 6.18 Å². The van der Waals surface area contributed by atoms with Crippen LogP contribution in [0.25, 0.3) is 0 Å². The van der Waals surface area contributed by atoms with Crippen LogP contribution < -0.4 is 10.1 Å². The normalized spacial score (nSPS) is 13.0. The largest absolute Gasteiger partial charge is 0.497 e. The molecule has 0 aliphatic carbocycles. The van der Waals surface area contributed by atoms with Gasteiger partial charge in [0.15, 0.2) is 0 Å². The number of ether oxygens (including phenoxy) is 1. The quantitative estimate of drug-likeness (QED) is 0.937. The molecule has 0 radical (unpaired) electrons. The minimum absolute atomic E-state index is 0.0111. The molecule has 0 aliphatic rings. The van der Waals surface area contributed by atoms with Gasteiger partial charge < -0.3 is 10.1 Å². The van der Waals surface area contributed by atoms with Crippen LogP contribution in [0.4, 0.5) is 18.9 Å². The highest BCUT2D eigenvalue weighted by molar-refractivity contribution is 5.56. The molecule has 4 nitrogen and oxygen atoms in total. The molecule has 0 amide bonds. The molecule has 2 aromatic rings. The molecule has 1 aromatic carbocycles. The summed E-state index contributed by atoms with van der Waals surface area (Å²) in [6.07, 6.45) is -2.85. The van der Waals surface area contributed by atoms with Gasteiger partial charge in [-0.15, -0.1) is 0 Å². The monoisotopic (exact) mass is 299 g/mol. The number of anilines is 1. The highest BCUT2D eigenvalue weighted by Crippen LogP contribution is 2.38. The fourth-order valence-corrected chi connectivity index (χ4v) is 2.13. The Morgan fingerprint density at radius 1 is 1.29 bits per heavy atom. The predicted molar refractivity (Wildman–Crippen MR) is 73.2 cm³/mol. The Bertz CT molecular complexity index is 622. The van der Waals surface area contributed by atoms with Crippen LogP contribution in [0, 0.1) is 0 Å². The number of hydrogen-bond donors (Lipinski definition) is 1. The fraction of sp³-hybridized carbons (Fsp3) is 0.357. The van der Waals surface area contributed by atoms with Crippen LogP contribution in [0.15, 0.2) is 30.5 Å². The standard InChI is InChI=1S/C14H16F3N3O/c1-9(13-6-7-18-20(13)2)19-12-5-4-10(21-3)8-11(12)14(15,16)17/h4-9,19H,1-3H3. The van der Waals surface area contributed by atoms with Crippen molar-refractivity contribution in [1.29, 1.82) is 0 Å². The summed E-state index contributed by atoms with van der Waals surface area (Å²) in [5, 5.41) is 6.89. The van der Waals surface area contributed by atoms with E-state index in [-0.39, 0.29) is 17.5 Å². The van der Waals surface area contributed by atoms with Gasteiger partial charge in [0.25, 0.3) is 0 Å². The number of aryl methyl sites for hydroxylation is 1. The lowest BCUT2D eigenvalue weighted by atomic mass is 10.1. The van der Waals surface area contributed by atoms with E-state index in [4.69, 9.17) is 4.74 Å². The van der Waals surface area contributed by atoms with E-state index >= 15 is 0 Å². The SMILES string of the molecule is COc1ccc(NC(C)c2ccnn2C)c(C(F)(F)F)c1. The number of methoxy groups -OCH3 is 1. The molecule has 1 aromatic heterocycles. The molecule has 7 heteroatoms. The summed E-state index contributed by atoms with van der Waals surface area (Å²) in [6.45, 7) is 1.78. The van der Waals surface area contributed by atoms with Crippen LogP contribution in [0.2, 0.25) is 0 Å². The highest BCUT2D eigenvalue weighted by atomic mass is 19.4. The van der Waals surface area contributed by atoms with E-state index in [0.29, 0.717) is 0 Å². The van der Waals surface area contributed by atoms with E-state index in [9.17, 15) is 13.2 Å². The lowest BCUT2D eigenvalue weighted by Crippen LogP contribution is -2.15. The first-order valence-electron chi connectivity index (χ1n) is 6.32. The van der Waals surface area contributed by atoms with Gasteiger partial charge in [-0.3, -0.25) is 4.68 Å². The molecule has 0 aliphatic heterocycles. The summed E-state index contributed by atoms with van der Waals surface area (Å²) in [4.78, 5) is 0. The molecule has 1 heterocycles. The minimum Gasteiger partial charge on any atom is -0.497 e. The highest BCUT2D eigenvalue weighted by Gasteiger charge is 2.34. The summed E-state index contributed by atoms with van der Waals surface area (Å²) < 4.78 is 45.9. The van der Waals surface area contributed by atoms with E-state index in [2.05, 4.69) is 10.4 Å². The first-order chi connectivity index (χ1) is 9.82. The molecule has 114 valence electrons. The maximum atomic E-state index is 13.1. The van der Waals surface area contributed by atoms with Gasteiger partial charge in [-0.1, -0.05) is 0 Å². The zero-order valence-corrected chi connectivity index (χ0v) is 11.9. The number of nitrogens with one attached hydrogen (secondary N) is 1. The van der Waals surface area contributed by atoms with Crippen LogP contribution in [-0.2, 0) is 13.2 Å². The van der Waals surface area contributed by atoms with Gasteiger partial charge in [0.2, 0.25) is 0 Å². The van der Waals surface area contributed by atoms with Crippen LogP contribution >= 0.6 is 0 Å². The number of benzene rings is 1. The molecule has 1 N–H and O–H groups in total. The van der Waals surface area contributed by atoms with Crippen molar-refractivity contribution in [3.8, 4) is 5.75 Å². The molecule has 21 heavy (non-hydrogen) atoms. The van der Waals surface area contributed by atoms with E-state index in [1.165, 1.54) is 19.2 Å². The molecule has 0 spiro atoms. The average molecular weight is 299 g/mol. The first kappa shape index (κ1) is 15.2. The number of aromatic nitrogens is 2. The van der Waals surface area contributed by atoms with Gasteiger partial charge in [0.1, 0.15) is 5.75 Å². The Labute approximate surface area is 120 Å². The minimum atomic E-state index is -4.46. The topological polar surface area (TPSA) is 39.1 Å². The maximum Gasteiger partial charge on any atom is 0.418 e. The molecule has 2 rings (SSSR count). The summed E-state index contributed by atoms with van der Waals surface area (Å²) in [5.41, 5.74) is 0.0480. The molecular formula is C14H16F3N3O. The molecule has 0 fully saturated rings. The van der Waals surface area contributed by atoms with Crippen molar-refractivity contribution in [3.63, 3.8) is 0 Å². The third kappa shape index (κ3) is 3.29. The zero-order valence-electron chi connectivity index (χ0n) is 11.9. The van der Waals surface area contributed by atoms with Crippen LogP contribution in [0.5, 0.6) is 5.75 Å². The van der Waals surface area contributed by atoms with Gasteiger partial charge in [0, 0.05) is 18.9 Å². The van der Waals surface area contributed by atoms with Crippen molar-refractivity contribution in [2.45, 2.75) is 19.1 Å². The third-order valence-corrected chi connectivity index (χ3v) is 3.21. The lowest BCUT2D eigenvalue weighted by Gasteiger charge is -2.20. The maximum absolute atomic E-state index is 13.1. The van der Waals surface area contributed by atoms with Crippen molar-refractivity contribution in [3.05, 3.63) is 41.7 Å². The molecule has 0 saturated heterocycles. The Balaban J connectivity index is 2.33.